The van der Waals surface area contributed by atoms with E-state index in [2.05, 4.69) is 17.3 Å². The summed E-state index contributed by atoms with van der Waals surface area (Å²) in [6.45, 7) is 3.90. The van der Waals surface area contributed by atoms with Gasteiger partial charge in [0.15, 0.2) is 0 Å². The molecule has 0 aromatic heterocycles. The van der Waals surface area contributed by atoms with Gasteiger partial charge in [-0.15, -0.1) is 0 Å². The summed E-state index contributed by atoms with van der Waals surface area (Å²) in [4.78, 5) is 25.2. The maximum absolute atomic E-state index is 12.6. The van der Waals surface area contributed by atoms with E-state index in [4.69, 9.17) is 4.74 Å². The van der Waals surface area contributed by atoms with Gasteiger partial charge in [-0.05, 0) is 44.2 Å². The average Bonchev–Trinajstić information content (AvgIpc) is 3.21. The summed E-state index contributed by atoms with van der Waals surface area (Å²) in [5.41, 5.74) is 0.755. The van der Waals surface area contributed by atoms with Crippen molar-refractivity contribution in [3.8, 4) is 5.75 Å². The number of amides is 2. The van der Waals surface area contributed by atoms with Gasteiger partial charge >= 0.3 is 0 Å². The number of nitrogens with zero attached hydrogens (tertiary/aromatic N) is 2. The molecule has 4 rings (SSSR count). The van der Waals surface area contributed by atoms with Crippen LogP contribution in [-0.4, -0.2) is 29.1 Å². The van der Waals surface area contributed by atoms with E-state index >= 15 is 0 Å². The molecule has 2 amide bonds. The summed E-state index contributed by atoms with van der Waals surface area (Å²) in [5.74, 6) is 0.332. The van der Waals surface area contributed by atoms with Gasteiger partial charge in [0.1, 0.15) is 5.75 Å². The van der Waals surface area contributed by atoms with Gasteiger partial charge in [0, 0.05) is 5.56 Å². The van der Waals surface area contributed by atoms with E-state index in [1.54, 1.807) is 6.21 Å². The van der Waals surface area contributed by atoms with E-state index in [0.717, 1.165) is 17.0 Å². The van der Waals surface area contributed by atoms with E-state index in [1.807, 2.05) is 38.1 Å². The summed E-state index contributed by atoms with van der Waals surface area (Å²) in [6.07, 6.45) is 6.67. The monoisotopic (exact) mass is 324 g/mol. The number of imide groups is 1. The Hall–Kier alpha value is -2.43. The Morgan fingerprint density at radius 3 is 2.38 bits per heavy atom. The molecule has 0 N–H and O–H groups in total. The van der Waals surface area contributed by atoms with Crippen LogP contribution in [0.25, 0.3) is 0 Å². The minimum atomic E-state index is -0.216. The predicted molar refractivity (Wildman–Crippen MR) is 89.4 cm³/mol. The summed E-state index contributed by atoms with van der Waals surface area (Å²) in [6, 6.07) is 7.47. The molecule has 24 heavy (non-hydrogen) atoms. The van der Waals surface area contributed by atoms with E-state index in [1.165, 1.54) is 0 Å². The molecule has 1 heterocycles. The largest absolute Gasteiger partial charge is 0.490 e. The van der Waals surface area contributed by atoms with Crippen molar-refractivity contribution in [2.75, 3.05) is 0 Å². The topological polar surface area (TPSA) is 59.0 Å². The highest BCUT2D eigenvalue weighted by atomic mass is 16.5. The molecule has 3 aliphatic rings. The van der Waals surface area contributed by atoms with Gasteiger partial charge in [-0.1, -0.05) is 24.3 Å². The van der Waals surface area contributed by atoms with Crippen LogP contribution in [0.15, 0.2) is 41.5 Å². The molecule has 0 radical (unpaired) electrons. The third-order valence-corrected chi connectivity index (χ3v) is 5.04. The van der Waals surface area contributed by atoms with Gasteiger partial charge in [0.05, 0.1) is 24.2 Å². The summed E-state index contributed by atoms with van der Waals surface area (Å²) < 4.78 is 5.74. The fraction of sp³-hybridized carbons (Fsp3) is 0.421. The van der Waals surface area contributed by atoms with Crippen LogP contribution in [-0.2, 0) is 9.59 Å². The van der Waals surface area contributed by atoms with E-state index in [-0.39, 0.29) is 41.6 Å². The van der Waals surface area contributed by atoms with Crippen molar-refractivity contribution in [2.45, 2.75) is 26.4 Å². The highest BCUT2D eigenvalue weighted by molar-refractivity contribution is 6.06. The molecule has 0 unspecified atom stereocenters. The lowest BCUT2D eigenvalue weighted by Crippen LogP contribution is -2.28. The first-order valence-electron chi connectivity index (χ1n) is 8.42. The predicted octanol–water partition coefficient (Wildman–Crippen LogP) is 2.61. The van der Waals surface area contributed by atoms with E-state index in [0.29, 0.717) is 5.75 Å². The van der Waals surface area contributed by atoms with Crippen molar-refractivity contribution >= 4 is 18.0 Å². The van der Waals surface area contributed by atoms with Crippen LogP contribution in [0, 0.1) is 23.7 Å². The van der Waals surface area contributed by atoms with E-state index in [9.17, 15) is 9.59 Å². The number of hydrazone groups is 1. The Kier molecular flexibility index (Phi) is 3.52. The van der Waals surface area contributed by atoms with Crippen LogP contribution in [0.5, 0.6) is 5.75 Å². The molecule has 5 heteroatoms. The maximum Gasteiger partial charge on any atom is 0.254 e. The number of rotatable bonds is 4. The van der Waals surface area contributed by atoms with Gasteiger partial charge in [0.2, 0.25) is 0 Å². The lowest BCUT2D eigenvalue weighted by molar-refractivity contribution is -0.140. The number of fused-ring (bicyclic) bond motifs is 5. The fourth-order valence-corrected chi connectivity index (χ4v) is 4.07. The Labute approximate surface area is 141 Å². The maximum atomic E-state index is 12.6. The lowest BCUT2D eigenvalue weighted by Gasteiger charge is -2.13. The number of hydrogen-bond donors (Lipinski definition) is 0. The van der Waals surface area contributed by atoms with Gasteiger partial charge < -0.3 is 4.74 Å². The molecule has 2 bridgehead atoms. The van der Waals surface area contributed by atoms with Crippen molar-refractivity contribution < 1.29 is 14.3 Å². The molecule has 1 saturated heterocycles. The first-order valence-corrected chi connectivity index (χ1v) is 8.42. The first kappa shape index (κ1) is 15.1. The fourth-order valence-electron chi connectivity index (χ4n) is 4.07. The third kappa shape index (κ3) is 2.27. The number of carbonyl (C=O) groups is 2. The van der Waals surface area contributed by atoms with Crippen LogP contribution in [0.4, 0.5) is 0 Å². The lowest BCUT2D eigenvalue weighted by atomic mass is 9.85. The molecule has 2 fully saturated rings. The zero-order valence-corrected chi connectivity index (χ0v) is 13.8. The Morgan fingerprint density at radius 2 is 1.75 bits per heavy atom. The first-order chi connectivity index (χ1) is 11.6. The van der Waals surface area contributed by atoms with Gasteiger partial charge in [-0.2, -0.15) is 10.1 Å². The normalized spacial score (nSPS) is 30.9. The summed E-state index contributed by atoms with van der Waals surface area (Å²) in [5, 5.41) is 5.27. The van der Waals surface area contributed by atoms with Crippen LogP contribution in [0.3, 0.4) is 0 Å². The van der Waals surface area contributed by atoms with Crippen LogP contribution < -0.4 is 4.74 Å². The zero-order chi connectivity index (χ0) is 16.8. The third-order valence-electron chi connectivity index (χ3n) is 5.04. The molecule has 1 saturated carbocycles. The number of ether oxygens (including phenoxy) is 1. The minimum absolute atomic E-state index is 0.0376. The number of para-hydroxylation sites is 1. The minimum Gasteiger partial charge on any atom is -0.490 e. The molecule has 0 spiro atoms. The Morgan fingerprint density at radius 1 is 1.12 bits per heavy atom. The molecule has 5 nitrogen and oxygen atoms in total. The van der Waals surface area contributed by atoms with Crippen molar-refractivity contribution in [1.29, 1.82) is 0 Å². The van der Waals surface area contributed by atoms with Crippen LogP contribution in [0.1, 0.15) is 25.8 Å². The SMILES string of the molecule is CC(C)Oc1ccccc1C=NN1C(=O)[C@@H]2[C@H](C1=O)[C@H]1C=C[C@H]2C1. The Balaban J connectivity index is 1.57. The smallest absolute Gasteiger partial charge is 0.254 e. The van der Waals surface area contributed by atoms with Gasteiger partial charge in [-0.3, -0.25) is 9.59 Å². The zero-order valence-electron chi connectivity index (χ0n) is 13.8. The van der Waals surface area contributed by atoms with Crippen molar-refractivity contribution in [3.63, 3.8) is 0 Å². The van der Waals surface area contributed by atoms with Crippen LogP contribution in [0.2, 0.25) is 0 Å². The molecule has 2 aliphatic carbocycles. The number of benzene rings is 1. The van der Waals surface area contributed by atoms with E-state index < -0.39 is 0 Å². The molecule has 1 aromatic carbocycles. The molecule has 1 aromatic rings. The summed E-state index contributed by atoms with van der Waals surface area (Å²) in [7, 11) is 0. The second kappa shape index (κ2) is 5.58. The molecular formula is C19H20N2O3. The molecule has 1 aliphatic heterocycles. The van der Waals surface area contributed by atoms with Crippen LogP contribution >= 0.6 is 0 Å². The second-order valence-electron chi connectivity index (χ2n) is 6.94. The van der Waals surface area contributed by atoms with Gasteiger partial charge in [-0.25, -0.2) is 0 Å². The van der Waals surface area contributed by atoms with Crippen molar-refractivity contribution in [3.05, 3.63) is 42.0 Å². The number of allylic oxidation sites excluding steroid dienone is 2. The van der Waals surface area contributed by atoms with Crippen molar-refractivity contribution in [2.24, 2.45) is 28.8 Å². The highest BCUT2D eigenvalue weighted by Crippen LogP contribution is 2.52. The molecule has 4 atom stereocenters. The molecule has 124 valence electrons. The highest BCUT2D eigenvalue weighted by Gasteiger charge is 2.59. The van der Waals surface area contributed by atoms with Gasteiger partial charge in [0.25, 0.3) is 11.8 Å². The number of carbonyl (C=O) groups excluding carboxylic acids is 2. The quantitative estimate of drug-likeness (QED) is 0.486. The number of hydrogen-bond acceptors (Lipinski definition) is 4. The second-order valence-corrected chi connectivity index (χ2v) is 6.94. The average molecular weight is 324 g/mol. The summed E-state index contributed by atoms with van der Waals surface area (Å²) >= 11 is 0. The molecular weight excluding hydrogens is 304 g/mol. The standard InChI is InChI=1S/C19H20N2O3/c1-11(2)24-15-6-4-3-5-14(15)10-20-21-18(22)16-12-7-8-13(9-12)17(16)19(21)23/h3-8,10-13,16-17H,9H2,1-2H3/t12-,13-,16-,17+/m0/s1. The van der Waals surface area contributed by atoms with Crippen molar-refractivity contribution in [1.82, 2.24) is 5.01 Å². The Bertz CT molecular complexity index is 723.